The molecule has 0 aliphatic heterocycles. The lowest BCUT2D eigenvalue weighted by Gasteiger charge is -2.02. The number of allylic oxidation sites excluding steroid dienone is 2. The molecule has 2 rings (SSSR count). The first-order valence-electron chi connectivity index (χ1n) is 5.16. The van der Waals surface area contributed by atoms with Crippen LogP contribution in [-0.4, -0.2) is 5.78 Å². The second-order valence-corrected chi connectivity index (χ2v) is 4.96. The van der Waals surface area contributed by atoms with E-state index >= 15 is 0 Å². The fraction of sp³-hybridized carbons (Fsp3) is 0.308. The summed E-state index contributed by atoms with van der Waals surface area (Å²) in [5.74, 6) is 1.25. The molecule has 0 radical (unpaired) electrons. The predicted octanol–water partition coefficient (Wildman–Crippen LogP) is 3.48. The molecule has 0 N–H and O–H groups in total. The minimum absolute atomic E-state index is 0.279. The van der Waals surface area contributed by atoms with Crippen molar-refractivity contribution in [1.82, 2.24) is 0 Å². The molecule has 0 amide bonds. The molecule has 0 spiro atoms. The molecule has 0 unspecified atom stereocenters. The fourth-order valence-corrected chi connectivity index (χ4v) is 2.65. The van der Waals surface area contributed by atoms with Crippen molar-refractivity contribution in [2.45, 2.75) is 25.5 Å². The lowest BCUT2D eigenvalue weighted by Crippen LogP contribution is -1.81. The number of rotatable bonds is 3. The van der Waals surface area contributed by atoms with Gasteiger partial charge < -0.3 is 0 Å². The third-order valence-corrected chi connectivity index (χ3v) is 3.62. The number of carbonyl (C=O) groups is 1. The van der Waals surface area contributed by atoms with Gasteiger partial charge in [0.05, 0.1) is 0 Å². The highest BCUT2D eigenvalue weighted by Crippen LogP contribution is 2.29. The fourth-order valence-electron chi connectivity index (χ4n) is 1.66. The van der Waals surface area contributed by atoms with Crippen LogP contribution in [0.3, 0.4) is 0 Å². The lowest BCUT2D eigenvalue weighted by atomic mass is 10.2. The Morgan fingerprint density at radius 2 is 2.20 bits per heavy atom. The third kappa shape index (κ3) is 2.96. The zero-order valence-corrected chi connectivity index (χ0v) is 9.64. The zero-order chi connectivity index (χ0) is 10.7. The van der Waals surface area contributed by atoms with Gasteiger partial charge in [-0.1, -0.05) is 29.8 Å². The molecule has 0 fully saturated rings. The summed E-state index contributed by atoms with van der Waals surface area (Å²) >= 11 is 1.79. The van der Waals surface area contributed by atoms with E-state index in [9.17, 15) is 4.79 Å². The summed E-state index contributed by atoms with van der Waals surface area (Å²) in [5.41, 5.74) is 2.63. The molecule has 78 valence electrons. The Hall–Kier alpha value is -1.02. The summed E-state index contributed by atoms with van der Waals surface area (Å²) in [4.78, 5) is 12.3. The van der Waals surface area contributed by atoms with Crippen LogP contribution in [0.1, 0.15) is 24.0 Å². The maximum atomic E-state index is 11.0. The number of ketones is 1. The molecule has 0 aromatic heterocycles. The van der Waals surface area contributed by atoms with Crippen LogP contribution in [0.5, 0.6) is 0 Å². The summed E-state index contributed by atoms with van der Waals surface area (Å²) in [6, 6.07) is 8.52. The monoisotopic (exact) mass is 218 g/mol. The third-order valence-electron chi connectivity index (χ3n) is 2.45. The van der Waals surface area contributed by atoms with E-state index in [1.807, 2.05) is 0 Å². The summed E-state index contributed by atoms with van der Waals surface area (Å²) in [6.07, 6.45) is 3.44. The van der Waals surface area contributed by atoms with Crippen molar-refractivity contribution in [3.63, 3.8) is 0 Å². The van der Waals surface area contributed by atoms with Crippen LogP contribution in [-0.2, 0) is 10.5 Å². The van der Waals surface area contributed by atoms with Crippen molar-refractivity contribution in [2.24, 2.45) is 0 Å². The summed E-state index contributed by atoms with van der Waals surface area (Å²) < 4.78 is 0. The maximum Gasteiger partial charge on any atom is 0.156 e. The van der Waals surface area contributed by atoms with Gasteiger partial charge in [0.25, 0.3) is 0 Å². The molecule has 0 atom stereocenters. The topological polar surface area (TPSA) is 17.1 Å². The smallest absolute Gasteiger partial charge is 0.156 e. The highest BCUT2D eigenvalue weighted by Gasteiger charge is 2.11. The van der Waals surface area contributed by atoms with Crippen LogP contribution in [0.25, 0.3) is 0 Å². The number of hydrogen-bond acceptors (Lipinski definition) is 2. The average Bonchev–Trinajstić information content (AvgIpc) is 2.62. The highest BCUT2D eigenvalue weighted by atomic mass is 32.2. The Morgan fingerprint density at radius 3 is 2.87 bits per heavy atom. The number of aryl methyl sites for hydroxylation is 1. The van der Waals surface area contributed by atoms with Gasteiger partial charge in [-0.3, -0.25) is 4.79 Å². The van der Waals surface area contributed by atoms with Crippen LogP contribution < -0.4 is 0 Å². The van der Waals surface area contributed by atoms with E-state index in [0.717, 1.165) is 12.2 Å². The van der Waals surface area contributed by atoms with Crippen molar-refractivity contribution in [3.05, 3.63) is 46.4 Å². The molecule has 0 saturated carbocycles. The van der Waals surface area contributed by atoms with Gasteiger partial charge in [-0.15, -0.1) is 11.8 Å². The zero-order valence-electron chi connectivity index (χ0n) is 8.82. The molecule has 1 aromatic carbocycles. The Labute approximate surface area is 94.6 Å². The molecule has 2 heteroatoms. The van der Waals surface area contributed by atoms with Gasteiger partial charge in [-0.2, -0.15) is 0 Å². The molecule has 1 aliphatic carbocycles. The van der Waals surface area contributed by atoms with Crippen molar-refractivity contribution < 1.29 is 4.79 Å². The Bertz CT molecular complexity index is 407. The quantitative estimate of drug-likeness (QED) is 0.772. The lowest BCUT2D eigenvalue weighted by molar-refractivity contribution is -0.114. The van der Waals surface area contributed by atoms with Crippen molar-refractivity contribution in [3.8, 4) is 0 Å². The molecular formula is C13H14OS. The Balaban J connectivity index is 1.93. The number of benzene rings is 1. The standard InChI is InChI=1S/C13H14OS/c1-10-3-2-4-11(7-10)9-15-13-6-5-12(14)8-13/h2-4,7-8H,5-6,9H2,1H3. The molecule has 1 aromatic rings. The van der Waals surface area contributed by atoms with Gasteiger partial charge in [0.1, 0.15) is 0 Å². The highest BCUT2D eigenvalue weighted by molar-refractivity contribution is 8.02. The molecular weight excluding hydrogens is 204 g/mol. The van der Waals surface area contributed by atoms with Crippen LogP contribution >= 0.6 is 11.8 Å². The van der Waals surface area contributed by atoms with Gasteiger partial charge in [0, 0.05) is 12.2 Å². The van der Waals surface area contributed by atoms with Crippen LogP contribution in [0.2, 0.25) is 0 Å². The number of carbonyl (C=O) groups excluding carboxylic acids is 1. The molecule has 0 heterocycles. The summed E-state index contributed by atoms with van der Waals surface area (Å²) in [5, 5.41) is 0. The number of thioether (sulfide) groups is 1. The van der Waals surface area contributed by atoms with Crippen LogP contribution in [0.4, 0.5) is 0 Å². The Morgan fingerprint density at radius 1 is 1.33 bits per heavy atom. The van der Waals surface area contributed by atoms with E-state index in [1.54, 1.807) is 17.8 Å². The second kappa shape index (κ2) is 4.67. The first-order valence-corrected chi connectivity index (χ1v) is 6.14. The van der Waals surface area contributed by atoms with Crippen molar-refractivity contribution >= 4 is 17.5 Å². The van der Waals surface area contributed by atoms with Gasteiger partial charge in [-0.25, -0.2) is 0 Å². The van der Waals surface area contributed by atoms with Gasteiger partial charge in [-0.05, 0) is 29.9 Å². The molecule has 15 heavy (non-hydrogen) atoms. The minimum atomic E-state index is 0.279. The van der Waals surface area contributed by atoms with E-state index in [1.165, 1.54) is 16.0 Å². The first-order chi connectivity index (χ1) is 7.24. The molecule has 1 aliphatic rings. The second-order valence-electron chi connectivity index (χ2n) is 3.85. The van der Waals surface area contributed by atoms with Gasteiger partial charge in [0.2, 0.25) is 0 Å². The van der Waals surface area contributed by atoms with Crippen LogP contribution in [0.15, 0.2) is 35.2 Å². The van der Waals surface area contributed by atoms with Crippen LogP contribution in [0, 0.1) is 6.92 Å². The largest absolute Gasteiger partial charge is 0.295 e. The van der Waals surface area contributed by atoms with E-state index in [4.69, 9.17) is 0 Å². The predicted molar refractivity (Wildman–Crippen MR) is 64.8 cm³/mol. The first kappa shape index (κ1) is 10.5. The Kier molecular flexibility index (Phi) is 3.27. The number of hydrogen-bond donors (Lipinski definition) is 0. The molecule has 1 nitrogen and oxygen atoms in total. The van der Waals surface area contributed by atoms with Crippen molar-refractivity contribution in [2.75, 3.05) is 0 Å². The minimum Gasteiger partial charge on any atom is -0.295 e. The maximum absolute atomic E-state index is 11.0. The SMILES string of the molecule is Cc1cccc(CSC2=CC(=O)CC2)c1. The van der Waals surface area contributed by atoms with Gasteiger partial charge in [0.15, 0.2) is 5.78 Å². The van der Waals surface area contributed by atoms with E-state index in [-0.39, 0.29) is 5.78 Å². The average molecular weight is 218 g/mol. The molecule has 0 saturated heterocycles. The normalized spacial score (nSPS) is 15.5. The molecule has 0 bridgehead atoms. The summed E-state index contributed by atoms with van der Waals surface area (Å²) in [7, 11) is 0. The van der Waals surface area contributed by atoms with Crippen molar-refractivity contribution in [1.29, 1.82) is 0 Å². The van der Waals surface area contributed by atoms with E-state index in [2.05, 4.69) is 31.2 Å². The van der Waals surface area contributed by atoms with E-state index in [0.29, 0.717) is 6.42 Å². The van der Waals surface area contributed by atoms with Gasteiger partial charge >= 0.3 is 0 Å². The summed E-state index contributed by atoms with van der Waals surface area (Å²) in [6.45, 7) is 2.10. The van der Waals surface area contributed by atoms with E-state index < -0.39 is 0 Å².